The van der Waals surface area contributed by atoms with Gasteiger partial charge in [-0.1, -0.05) is 71.1 Å². The third-order valence-electron chi connectivity index (χ3n) is 3.86. The zero-order chi connectivity index (χ0) is 19.3. The molecule has 0 radical (unpaired) electrons. The highest BCUT2D eigenvalue weighted by Gasteiger charge is 2.11. The summed E-state index contributed by atoms with van der Waals surface area (Å²) >= 11 is 9.13. The van der Waals surface area contributed by atoms with Crippen LogP contribution in [0, 0.1) is 6.92 Å². The van der Waals surface area contributed by atoms with Gasteiger partial charge in [0.15, 0.2) is 4.34 Å². The maximum atomic E-state index is 6.16. The van der Waals surface area contributed by atoms with Crippen LogP contribution in [0.15, 0.2) is 57.3 Å². The third kappa shape index (κ3) is 4.89. The second-order valence-electron chi connectivity index (χ2n) is 6.00. The Bertz CT molecular complexity index is 1070. The average molecular weight is 430 g/mol. The minimum atomic E-state index is 0.548. The number of nitrogens with one attached hydrogen (secondary N) is 1. The van der Waals surface area contributed by atoms with E-state index < -0.39 is 0 Å². The summed E-state index contributed by atoms with van der Waals surface area (Å²) in [6.45, 7) is 1.97. The fraction of sp³-hybridized carbons (Fsp3) is 0.158. The topological polar surface area (TPSA) is 76.7 Å². The van der Waals surface area contributed by atoms with Crippen molar-refractivity contribution < 1.29 is 4.42 Å². The molecule has 0 aliphatic heterocycles. The molecule has 2 aromatic carbocycles. The van der Waals surface area contributed by atoms with Gasteiger partial charge in [0.2, 0.25) is 16.9 Å². The van der Waals surface area contributed by atoms with Gasteiger partial charge in [-0.15, -0.1) is 20.4 Å². The minimum absolute atomic E-state index is 0.548. The highest BCUT2D eigenvalue weighted by molar-refractivity contribution is 8.00. The molecule has 1 N–H and O–H groups in total. The molecule has 0 saturated carbocycles. The van der Waals surface area contributed by atoms with Crippen LogP contribution in [0.4, 0.5) is 10.8 Å². The van der Waals surface area contributed by atoms with Crippen LogP contribution in [0.5, 0.6) is 0 Å². The molecule has 0 atom stereocenters. The van der Waals surface area contributed by atoms with Gasteiger partial charge in [-0.05, 0) is 30.2 Å². The van der Waals surface area contributed by atoms with E-state index in [1.54, 1.807) is 0 Å². The molecule has 6 nitrogen and oxygen atoms in total. The van der Waals surface area contributed by atoms with Crippen LogP contribution in [0.3, 0.4) is 0 Å². The molecule has 4 aromatic rings. The Hall–Kier alpha value is -2.42. The van der Waals surface area contributed by atoms with E-state index in [-0.39, 0.29) is 0 Å². The molecule has 0 fully saturated rings. The van der Waals surface area contributed by atoms with Crippen molar-refractivity contribution in [1.82, 2.24) is 20.4 Å². The number of thioether (sulfide) groups is 1. The SMILES string of the molecule is Cc1ccc(Nc2nnc(SCc3nnc(Cc4ccccc4)o3)s2)cc1Cl. The highest BCUT2D eigenvalue weighted by atomic mass is 35.5. The number of aryl methyl sites for hydroxylation is 1. The zero-order valence-corrected chi connectivity index (χ0v) is 17.3. The van der Waals surface area contributed by atoms with Gasteiger partial charge < -0.3 is 9.73 Å². The van der Waals surface area contributed by atoms with E-state index in [9.17, 15) is 0 Å². The summed E-state index contributed by atoms with van der Waals surface area (Å²) in [5, 5.41) is 21.2. The van der Waals surface area contributed by atoms with Crippen LogP contribution < -0.4 is 5.32 Å². The van der Waals surface area contributed by atoms with Gasteiger partial charge in [-0.25, -0.2) is 0 Å². The Balaban J connectivity index is 1.32. The van der Waals surface area contributed by atoms with Crippen LogP contribution in [0.1, 0.15) is 22.9 Å². The number of aromatic nitrogens is 4. The molecule has 0 spiro atoms. The number of rotatable bonds is 7. The summed E-state index contributed by atoms with van der Waals surface area (Å²) in [6, 6.07) is 15.8. The molecule has 2 heterocycles. The molecule has 28 heavy (non-hydrogen) atoms. The maximum absolute atomic E-state index is 6.16. The first-order valence-corrected chi connectivity index (χ1v) is 10.7. The van der Waals surface area contributed by atoms with Crippen molar-refractivity contribution in [3.05, 3.63) is 76.5 Å². The van der Waals surface area contributed by atoms with Crippen molar-refractivity contribution in [1.29, 1.82) is 0 Å². The van der Waals surface area contributed by atoms with Crippen molar-refractivity contribution in [2.75, 3.05) is 5.32 Å². The Morgan fingerprint density at radius 2 is 1.86 bits per heavy atom. The molecule has 4 rings (SSSR count). The number of anilines is 2. The van der Waals surface area contributed by atoms with E-state index in [4.69, 9.17) is 16.0 Å². The van der Waals surface area contributed by atoms with Gasteiger partial charge in [0.1, 0.15) is 0 Å². The van der Waals surface area contributed by atoms with Crippen LogP contribution >= 0.6 is 34.7 Å². The third-order valence-corrected chi connectivity index (χ3v) is 6.22. The first kappa shape index (κ1) is 18.9. The summed E-state index contributed by atoms with van der Waals surface area (Å²) in [5.41, 5.74) is 3.05. The first-order valence-electron chi connectivity index (χ1n) is 8.50. The molecule has 0 aliphatic rings. The second-order valence-corrected chi connectivity index (χ2v) is 8.61. The summed E-state index contributed by atoms with van der Waals surface area (Å²) in [5.74, 6) is 1.73. The van der Waals surface area contributed by atoms with Gasteiger partial charge in [0.25, 0.3) is 0 Å². The van der Waals surface area contributed by atoms with E-state index >= 15 is 0 Å². The lowest BCUT2D eigenvalue weighted by atomic mass is 10.2. The number of benzene rings is 2. The second kappa shape index (κ2) is 8.72. The van der Waals surface area contributed by atoms with Crippen molar-refractivity contribution in [3.63, 3.8) is 0 Å². The Morgan fingerprint density at radius 1 is 1.04 bits per heavy atom. The number of halogens is 1. The van der Waals surface area contributed by atoms with Gasteiger partial charge >= 0.3 is 0 Å². The highest BCUT2D eigenvalue weighted by Crippen LogP contribution is 2.30. The number of hydrogen-bond donors (Lipinski definition) is 1. The Labute approximate surface area is 175 Å². The maximum Gasteiger partial charge on any atom is 0.226 e. The normalized spacial score (nSPS) is 10.9. The molecule has 0 amide bonds. The van der Waals surface area contributed by atoms with E-state index in [0.29, 0.717) is 34.1 Å². The predicted octanol–water partition coefficient (Wildman–Crippen LogP) is 5.51. The quantitative estimate of drug-likeness (QED) is 0.388. The van der Waals surface area contributed by atoms with E-state index in [1.165, 1.54) is 23.1 Å². The zero-order valence-electron chi connectivity index (χ0n) is 14.9. The van der Waals surface area contributed by atoms with Crippen LogP contribution in [0.2, 0.25) is 5.02 Å². The molecule has 0 bridgehead atoms. The van der Waals surface area contributed by atoms with Crippen LogP contribution in [-0.4, -0.2) is 20.4 Å². The van der Waals surface area contributed by atoms with Crippen molar-refractivity contribution in [2.24, 2.45) is 0 Å². The fourth-order valence-corrected chi connectivity index (χ4v) is 4.21. The molecular formula is C19H16ClN5OS2. The van der Waals surface area contributed by atoms with Crippen LogP contribution in [-0.2, 0) is 12.2 Å². The van der Waals surface area contributed by atoms with Crippen molar-refractivity contribution >= 4 is 45.5 Å². The number of hydrogen-bond acceptors (Lipinski definition) is 8. The van der Waals surface area contributed by atoms with Gasteiger partial charge in [0, 0.05) is 10.7 Å². The monoisotopic (exact) mass is 429 g/mol. The molecule has 142 valence electrons. The van der Waals surface area contributed by atoms with E-state index in [1.807, 2.05) is 55.5 Å². The molecule has 2 aromatic heterocycles. The lowest BCUT2D eigenvalue weighted by Gasteiger charge is -2.03. The molecule has 9 heteroatoms. The summed E-state index contributed by atoms with van der Waals surface area (Å²) < 4.78 is 6.54. The van der Waals surface area contributed by atoms with Crippen molar-refractivity contribution in [2.45, 2.75) is 23.4 Å². The summed E-state index contributed by atoms with van der Waals surface area (Å²) in [7, 11) is 0. The largest absolute Gasteiger partial charge is 0.424 e. The summed E-state index contributed by atoms with van der Waals surface area (Å²) in [4.78, 5) is 0. The van der Waals surface area contributed by atoms with Crippen molar-refractivity contribution in [3.8, 4) is 0 Å². The first-order chi connectivity index (χ1) is 13.7. The molecular weight excluding hydrogens is 414 g/mol. The molecule has 0 unspecified atom stereocenters. The summed E-state index contributed by atoms with van der Waals surface area (Å²) in [6.07, 6.45) is 0.629. The minimum Gasteiger partial charge on any atom is -0.424 e. The average Bonchev–Trinajstić information content (AvgIpc) is 3.33. The predicted molar refractivity (Wildman–Crippen MR) is 112 cm³/mol. The standard InChI is InChI=1S/C19H16ClN5OS2/c1-12-7-8-14(10-15(12)20)21-18-24-25-19(28-18)27-11-17-23-22-16(26-17)9-13-5-3-2-4-6-13/h2-8,10H,9,11H2,1H3,(H,21,24). The van der Waals surface area contributed by atoms with E-state index in [0.717, 1.165) is 21.2 Å². The number of nitrogens with zero attached hydrogens (tertiary/aromatic N) is 4. The fourth-order valence-electron chi connectivity index (χ4n) is 2.42. The molecule has 0 saturated heterocycles. The molecule has 0 aliphatic carbocycles. The van der Waals surface area contributed by atoms with Crippen LogP contribution in [0.25, 0.3) is 0 Å². The Morgan fingerprint density at radius 3 is 2.68 bits per heavy atom. The van der Waals surface area contributed by atoms with Gasteiger partial charge in [-0.2, -0.15) is 0 Å². The smallest absolute Gasteiger partial charge is 0.226 e. The van der Waals surface area contributed by atoms with Gasteiger partial charge in [-0.3, -0.25) is 0 Å². The Kier molecular flexibility index (Phi) is 5.90. The van der Waals surface area contributed by atoms with Gasteiger partial charge in [0.05, 0.1) is 12.2 Å². The lowest BCUT2D eigenvalue weighted by molar-refractivity contribution is 0.474. The lowest BCUT2D eigenvalue weighted by Crippen LogP contribution is -1.89. The van der Waals surface area contributed by atoms with E-state index in [2.05, 4.69) is 25.7 Å².